The number of hydrogen-bond donors (Lipinski definition) is 1. The molecule has 4 aromatic rings. The molecule has 210 valence electrons. The average molecular weight is 613 g/mol. The van der Waals surface area contributed by atoms with Crippen LogP contribution in [0, 0.1) is 32.4 Å². The fourth-order valence-electron chi connectivity index (χ4n) is 5.29. The van der Waals surface area contributed by atoms with Crippen molar-refractivity contribution in [2.45, 2.75) is 59.0 Å². The number of aryl methyl sites for hydroxylation is 2. The SMILES string of the molecule is Cc1ccc(Cn2nc(C)c(CCC(=O)N3CCC(n4cc(-c5cc(F)c(Br)c(F)c5N)nn4)CC3)c2C)cc1. The van der Waals surface area contributed by atoms with Gasteiger partial charge in [-0.3, -0.25) is 9.48 Å². The molecule has 1 aliphatic rings. The normalized spacial score (nSPS) is 14.2. The molecule has 2 aromatic heterocycles. The third-order valence-electron chi connectivity index (χ3n) is 7.75. The molecule has 0 aliphatic carbocycles. The predicted molar refractivity (Wildman–Crippen MR) is 153 cm³/mol. The molecular weight excluding hydrogens is 580 g/mol. The summed E-state index contributed by atoms with van der Waals surface area (Å²) in [5, 5.41) is 13.0. The molecule has 0 unspecified atom stereocenters. The Morgan fingerprint density at radius 1 is 1.12 bits per heavy atom. The summed E-state index contributed by atoms with van der Waals surface area (Å²) >= 11 is 2.86. The lowest BCUT2D eigenvalue weighted by Gasteiger charge is -2.32. The first kappa shape index (κ1) is 27.9. The smallest absolute Gasteiger partial charge is 0.222 e. The first-order valence-electron chi connectivity index (χ1n) is 13.3. The van der Waals surface area contributed by atoms with Crippen molar-refractivity contribution in [1.82, 2.24) is 29.7 Å². The van der Waals surface area contributed by atoms with Gasteiger partial charge in [0.2, 0.25) is 5.91 Å². The first-order valence-corrected chi connectivity index (χ1v) is 14.1. The van der Waals surface area contributed by atoms with Crippen LogP contribution >= 0.6 is 15.9 Å². The number of amides is 1. The number of hydrogen-bond acceptors (Lipinski definition) is 5. The number of anilines is 1. The van der Waals surface area contributed by atoms with Crippen LogP contribution in [0.3, 0.4) is 0 Å². The van der Waals surface area contributed by atoms with Crippen LogP contribution in [0.1, 0.15) is 53.4 Å². The van der Waals surface area contributed by atoms with Crippen LogP contribution in [0.2, 0.25) is 0 Å². The fraction of sp³-hybridized carbons (Fsp3) is 0.379. The van der Waals surface area contributed by atoms with Gasteiger partial charge in [0.15, 0.2) is 5.82 Å². The molecule has 40 heavy (non-hydrogen) atoms. The minimum Gasteiger partial charge on any atom is -0.396 e. The highest BCUT2D eigenvalue weighted by Gasteiger charge is 2.26. The van der Waals surface area contributed by atoms with Crippen LogP contribution in [0.15, 0.2) is 41.0 Å². The van der Waals surface area contributed by atoms with E-state index >= 15 is 0 Å². The minimum atomic E-state index is -0.861. The summed E-state index contributed by atoms with van der Waals surface area (Å²) < 4.78 is 31.7. The number of nitrogens with zero attached hydrogens (tertiary/aromatic N) is 6. The average Bonchev–Trinajstić information content (AvgIpc) is 3.54. The third kappa shape index (κ3) is 5.65. The van der Waals surface area contributed by atoms with E-state index in [4.69, 9.17) is 10.8 Å². The first-order chi connectivity index (χ1) is 19.1. The highest BCUT2D eigenvalue weighted by Crippen LogP contribution is 2.34. The summed E-state index contributed by atoms with van der Waals surface area (Å²) in [4.78, 5) is 15.0. The van der Waals surface area contributed by atoms with Gasteiger partial charge >= 0.3 is 0 Å². The largest absolute Gasteiger partial charge is 0.396 e. The predicted octanol–water partition coefficient (Wildman–Crippen LogP) is 5.53. The van der Waals surface area contributed by atoms with E-state index in [-0.39, 0.29) is 27.7 Å². The van der Waals surface area contributed by atoms with Crippen molar-refractivity contribution >= 4 is 27.5 Å². The Kier molecular flexibility index (Phi) is 8.02. The van der Waals surface area contributed by atoms with Gasteiger partial charge in [-0.2, -0.15) is 5.10 Å². The van der Waals surface area contributed by atoms with Gasteiger partial charge in [0.05, 0.1) is 34.6 Å². The molecule has 8 nitrogen and oxygen atoms in total. The summed E-state index contributed by atoms with van der Waals surface area (Å²) in [7, 11) is 0. The summed E-state index contributed by atoms with van der Waals surface area (Å²) in [6, 6.07) is 9.62. The molecular formula is C29H32BrF2N7O. The molecule has 0 radical (unpaired) electrons. The van der Waals surface area contributed by atoms with E-state index in [1.807, 2.05) is 16.5 Å². The van der Waals surface area contributed by atoms with Crippen LogP contribution in [0.5, 0.6) is 0 Å². The van der Waals surface area contributed by atoms with E-state index in [0.29, 0.717) is 51.0 Å². The summed E-state index contributed by atoms with van der Waals surface area (Å²) in [6.07, 6.45) is 4.15. The van der Waals surface area contributed by atoms with E-state index in [9.17, 15) is 13.6 Å². The number of carbonyl (C=O) groups excluding carboxylic acids is 1. The highest BCUT2D eigenvalue weighted by molar-refractivity contribution is 9.10. The van der Waals surface area contributed by atoms with Gasteiger partial charge < -0.3 is 10.6 Å². The van der Waals surface area contributed by atoms with E-state index in [0.717, 1.165) is 23.0 Å². The van der Waals surface area contributed by atoms with Gasteiger partial charge in [-0.05, 0) is 73.2 Å². The molecule has 1 saturated heterocycles. The number of aromatic nitrogens is 5. The third-order valence-corrected chi connectivity index (χ3v) is 8.48. The Morgan fingerprint density at radius 2 is 1.82 bits per heavy atom. The molecule has 2 N–H and O–H groups in total. The number of rotatable bonds is 7. The molecule has 0 bridgehead atoms. The van der Waals surface area contributed by atoms with Crippen LogP contribution in [-0.4, -0.2) is 48.7 Å². The lowest BCUT2D eigenvalue weighted by Crippen LogP contribution is -2.39. The zero-order valence-corrected chi connectivity index (χ0v) is 24.4. The van der Waals surface area contributed by atoms with Crippen LogP contribution in [0.4, 0.5) is 14.5 Å². The number of nitrogen functional groups attached to an aromatic ring is 1. The van der Waals surface area contributed by atoms with Crippen molar-refractivity contribution in [1.29, 1.82) is 0 Å². The molecule has 5 rings (SSSR count). The summed E-state index contributed by atoms with van der Waals surface area (Å²) in [5.41, 5.74) is 11.7. The molecule has 0 spiro atoms. The second kappa shape index (κ2) is 11.5. The minimum absolute atomic E-state index is 0.0289. The second-order valence-corrected chi connectivity index (χ2v) is 11.2. The Hall–Kier alpha value is -3.60. The summed E-state index contributed by atoms with van der Waals surface area (Å²) in [5.74, 6) is -1.50. The van der Waals surface area contributed by atoms with Gasteiger partial charge in [-0.25, -0.2) is 13.5 Å². The van der Waals surface area contributed by atoms with E-state index in [2.05, 4.69) is 64.4 Å². The topological polar surface area (TPSA) is 94.9 Å². The Morgan fingerprint density at radius 3 is 2.52 bits per heavy atom. The zero-order valence-electron chi connectivity index (χ0n) is 22.8. The van der Waals surface area contributed by atoms with Crippen molar-refractivity contribution in [2.75, 3.05) is 18.8 Å². The number of likely N-dealkylation sites (tertiary alicyclic amines) is 1. The van der Waals surface area contributed by atoms with Crippen molar-refractivity contribution in [2.24, 2.45) is 0 Å². The second-order valence-electron chi connectivity index (χ2n) is 10.4. The summed E-state index contributed by atoms with van der Waals surface area (Å²) in [6.45, 7) is 8.05. The van der Waals surface area contributed by atoms with Gasteiger partial charge in [0.1, 0.15) is 11.5 Å². The fourth-order valence-corrected chi connectivity index (χ4v) is 5.61. The lowest BCUT2D eigenvalue weighted by atomic mass is 10.0. The van der Waals surface area contributed by atoms with Crippen LogP contribution in [-0.2, 0) is 17.8 Å². The number of benzene rings is 2. The van der Waals surface area contributed by atoms with Crippen molar-refractivity contribution < 1.29 is 13.6 Å². The zero-order chi connectivity index (χ0) is 28.6. The van der Waals surface area contributed by atoms with Crippen molar-refractivity contribution in [3.05, 3.63) is 80.7 Å². The van der Waals surface area contributed by atoms with Crippen LogP contribution in [0.25, 0.3) is 11.3 Å². The standard InChI is InChI=1S/C29H32BrF2N7O/c1-17-4-6-20(7-5-17)15-38-19(3)22(18(2)35-38)8-9-26(40)37-12-10-21(11-13-37)39-16-25(34-36-39)23-14-24(31)27(30)28(32)29(23)33/h4-7,14,16,21H,8-13,15,33H2,1-3H3. The Bertz CT molecular complexity index is 1540. The quantitative estimate of drug-likeness (QED) is 0.219. The van der Waals surface area contributed by atoms with Gasteiger partial charge in [0, 0.05) is 30.8 Å². The molecule has 0 atom stereocenters. The van der Waals surface area contributed by atoms with Gasteiger partial charge in [0.25, 0.3) is 0 Å². The lowest BCUT2D eigenvalue weighted by molar-refractivity contribution is -0.132. The Labute approximate surface area is 240 Å². The molecule has 1 fully saturated rings. The maximum atomic E-state index is 14.2. The number of carbonyl (C=O) groups is 1. The maximum absolute atomic E-state index is 14.2. The maximum Gasteiger partial charge on any atom is 0.222 e. The van der Waals surface area contributed by atoms with Crippen molar-refractivity contribution in [3.63, 3.8) is 0 Å². The number of nitrogens with two attached hydrogens (primary N) is 1. The Balaban J connectivity index is 1.17. The molecule has 0 saturated carbocycles. The molecule has 1 amide bonds. The number of piperidine rings is 1. The monoisotopic (exact) mass is 611 g/mol. The molecule has 1 aliphatic heterocycles. The molecule has 3 heterocycles. The highest BCUT2D eigenvalue weighted by atomic mass is 79.9. The van der Waals surface area contributed by atoms with Gasteiger partial charge in [-0.15, -0.1) is 5.10 Å². The van der Waals surface area contributed by atoms with E-state index in [1.54, 1.807) is 10.9 Å². The van der Waals surface area contributed by atoms with Crippen LogP contribution < -0.4 is 5.73 Å². The van der Waals surface area contributed by atoms with E-state index < -0.39 is 11.6 Å². The molecule has 2 aromatic carbocycles. The van der Waals surface area contributed by atoms with E-state index in [1.165, 1.54) is 11.1 Å². The molecule has 11 heteroatoms. The number of halogens is 3. The van der Waals surface area contributed by atoms with Gasteiger partial charge in [-0.1, -0.05) is 35.0 Å². The van der Waals surface area contributed by atoms with Crippen molar-refractivity contribution in [3.8, 4) is 11.3 Å².